The number of nitrogens with two attached hydrogens (primary N) is 1. The molecular weight excluding hydrogens is 266 g/mol. The van der Waals surface area contributed by atoms with Gasteiger partial charge in [0.25, 0.3) is 0 Å². The van der Waals surface area contributed by atoms with Crippen molar-refractivity contribution in [2.75, 3.05) is 12.0 Å². The van der Waals surface area contributed by atoms with E-state index in [9.17, 15) is 8.42 Å². The Balaban J connectivity index is 3.23. The molecular formula is C11H17N5O2S. The summed E-state index contributed by atoms with van der Waals surface area (Å²) in [5, 5.41) is 8.62. The van der Waals surface area contributed by atoms with Crippen LogP contribution in [0.15, 0.2) is 23.4 Å². The Morgan fingerprint density at radius 1 is 1.58 bits per heavy atom. The summed E-state index contributed by atoms with van der Waals surface area (Å²) >= 11 is 0. The van der Waals surface area contributed by atoms with Crippen LogP contribution in [0, 0.1) is 11.3 Å². The highest BCUT2D eigenvalue weighted by Crippen LogP contribution is 2.24. The van der Waals surface area contributed by atoms with Crippen molar-refractivity contribution in [1.82, 2.24) is 9.29 Å². The average Bonchev–Trinajstić information content (AvgIpc) is 2.38. The average molecular weight is 283 g/mol. The highest BCUT2D eigenvalue weighted by molar-refractivity contribution is 7.89. The molecule has 0 saturated carbocycles. The first-order valence-corrected chi connectivity index (χ1v) is 7.18. The Morgan fingerprint density at radius 3 is 2.79 bits per heavy atom. The topological polar surface area (TPSA) is 112 Å². The summed E-state index contributed by atoms with van der Waals surface area (Å²) < 4.78 is 26.3. The predicted octanol–water partition coefficient (Wildman–Crippen LogP) is 0.680. The highest BCUT2D eigenvalue weighted by atomic mass is 32.2. The summed E-state index contributed by atoms with van der Waals surface area (Å²) in [7, 11) is -3.74. The number of hydrogen-bond donors (Lipinski definition) is 2. The van der Waals surface area contributed by atoms with Crippen LogP contribution in [0.3, 0.4) is 0 Å². The van der Waals surface area contributed by atoms with Gasteiger partial charge in [-0.3, -0.25) is 10.8 Å². The lowest BCUT2D eigenvalue weighted by Gasteiger charge is -2.25. The number of nitrogens with zero attached hydrogens (tertiary/aromatic N) is 3. The number of hydrogen-bond acceptors (Lipinski definition) is 6. The van der Waals surface area contributed by atoms with Crippen molar-refractivity contribution in [1.29, 1.82) is 5.26 Å². The Hall–Kier alpha value is -1.69. The molecule has 1 rings (SSSR count). The van der Waals surface area contributed by atoms with E-state index in [2.05, 4.69) is 10.4 Å². The van der Waals surface area contributed by atoms with Gasteiger partial charge in [-0.25, -0.2) is 8.42 Å². The fourth-order valence-electron chi connectivity index (χ4n) is 1.65. The van der Waals surface area contributed by atoms with Crippen LogP contribution in [0.25, 0.3) is 0 Å². The van der Waals surface area contributed by atoms with E-state index in [0.717, 1.165) is 0 Å². The predicted molar refractivity (Wildman–Crippen MR) is 71.3 cm³/mol. The number of rotatable bonds is 6. The molecule has 1 heterocycles. The maximum atomic E-state index is 12.5. The first kappa shape index (κ1) is 15.4. The van der Waals surface area contributed by atoms with Crippen molar-refractivity contribution in [3.8, 4) is 6.07 Å². The van der Waals surface area contributed by atoms with Crippen molar-refractivity contribution in [2.24, 2.45) is 5.84 Å². The Kier molecular flexibility index (Phi) is 5.23. The summed E-state index contributed by atoms with van der Waals surface area (Å²) in [6.07, 6.45) is 2.82. The fourth-order valence-corrected chi connectivity index (χ4v) is 3.39. The quantitative estimate of drug-likeness (QED) is 0.586. The van der Waals surface area contributed by atoms with Crippen molar-refractivity contribution in [3.63, 3.8) is 0 Å². The molecule has 0 fully saturated rings. The second-order valence-electron chi connectivity index (χ2n) is 4.13. The second-order valence-corrected chi connectivity index (χ2v) is 5.99. The van der Waals surface area contributed by atoms with Crippen LogP contribution in [0.5, 0.6) is 0 Å². The third-order valence-electron chi connectivity index (χ3n) is 2.55. The van der Waals surface area contributed by atoms with Crippen molar-refractivity contribution < 1.29 is 8.42 Å². The zero-order chi connectivity index (χ0) is 14.5. The first-order chi connectivity index (χ1) is 8.95. The smallest absolute Gasteiger partial charge is 0.246 e. The maximum absolute atomic E-state index is 12.5. The van der Waals surface area contributed by atoms with Gasteiger partial charge in [0, 0.05) is 31.4 Å². The van der Waals surface area contributed by atoms with Crippen LogP contribution in [-0.2, 0) is 10.0 Å². The summed E-state index contributed by atoms with van der Waals surface area (Å²) in [4.78, 5) is 3.82. The van der Waals surface area contributed by atoms with Gasteiger partial charge in [0.2, 0.25) is 10.0 Å². The summed E-state index contributed by atoms with van der Waals surface area (Å²) in [5.41, 5.74) is 2.62. The van der Waals surface area contributed by atoms with Crippen LogP contribution in [0.2, 0.25) is 0 Å². The van der Waals surface area contributed by atoms with Gasteiger partial charge >= 0.3 is 0 Å². The number of aromatic nitrogens is 1. The number of hydrazine groups is 1. The summed E-state index contributed by atoms with van der Waals surface area (Å²) in [5.74, 6) is 5.31. The lowest BCUT2D eigenvalue weighted by Crippen LogP contribution is -2.38. The van der Waals surface area contributed by atoms with E-state index in [0.29, 0.717) is 0 Å². The molecule has 0 amide bonds. The molecule has 1 aromatic rings. The molecule has 0 unspecified atom stereocenters. The molecule has 0 aliphatic heterocycles. The van der Waals surface area contributed by atoms with E-state index >= 15 is 0 Å². The molecule has 19 heavy (non-hydrogen) atoms. The molecule has 0 bridgehead atoms. The van der Waals surface area contributed by atoms with Gasteiger partial charge in [0.05, 0.1) is 11.8 Å². The van der Waals surface area contributed by atoms with Crippen molar-refractivity contribution in [2.45, 2.75) is 31.2 Å². The Morgan fingerprint density at radius 2 is 2.26 bits per heavy atom. The number of nitrogen functional groups attached to an aromatic ring is 1. The summed E-state index contributed by atoms with van der Waals surface area (Å²) in [6.45, 7) is 3.64. The zero-order valence-electron chi connectivity index (χ0n) is 10.9. The molecule has 104 valence electrons. The van der Waals surface area contributed by atoms with Crippen LogP contribution in [-0.4, -0.2) is 30.3 Å². The molecule has 0 radical (unpaired) electrons. The largest absolute Gasteiger partial charge is 0.323 e. The fraction of sp³-hybridized carbons (Fsp3) is 0.455. The Bertz CT molecular complexity index is 565. The molecule has 7 nitrogen and oxygen atoms in total. The lowest BCUT2D eigenvalue weighted by atomic mass is 10.3. The monoisotopic (exact) mass is 283 g/mol. The molecule has 0 aromatic carbocycles. The van der Waals surface area contributed by atoms with E-state index in [4.69, 9.17) is 11.1 Å². The maximum Gasteiger partial charge on any atom is 0.246 e. The number of nitrogens with one attached hydrogen (secondary N) is 1. The van der Waals surface area contributed by atoms with Gasteiger partial charge in [0.1, 0.15) is 4.90 Å². The third-order valence-corrected chi connectivity index (χ3v) is 4.65. The normalized spacial score (nSPS) is 11.6. The van der Waals surface area contributed by atoms with Crippen LogP contribution in [0.4, 0.5) is 5.69 Å². The number of nitriles is 1. The molecule has 0 aliphatic carbocycles. The molecule has 1 aromatic heterocycles. The number of anilines is 1. The van der Waals surface area contributed by atoms with Gasteiger partial charge in [0.15, 0.2) is 0 Å². The minimum Gasteiger partial charge on any atom is -0.323 e. The van der Waals surface area contributed by atoms with Gasteiger partial charge in [-0.2, -0.15) is 9.57 Å². The van der Waals surface area contributed by atoms with Crippen molar-refractivity contribution >= 4 is 15.7 Å². The zero-order valence-corrected chi connectivity index (χ0v) is 11.7. The van der Waals surface area contributed by atoms with Crippen LogP contribution in [0.1, 0.15) is 20.3 Å². The van der Waals surface area contributed by atoms with Gasteiger partial charge in [-0.05, 0) is 19.9 Å². The molecule has 8 heteroatoms. The van der Waals surface area contributed by atoms with E-state index in [1.165, 1.54) is 22.8 Å². The highest BCUT2D eigenvalue weighted by Gasteiger charge is 2.29. The van der Waals surface area contributed by atoms with E-state index in [1.807, 2.05) is 6.07 Å². The minimum atomic E-state index is -3.74. The van der Waals surface area contributed by atoms with E-state index in [1.54, 1.807) is 13.8 Å². The van der Waals surface area contributed by atoms with Crippen LogP contribution < -0.4 is 11.3 Å². The van der Waals surface area contributed by atoms with Crippen molar-refractivity contribution in [3.05, 3.63) is 18.5 Å². The second kappa shape index (κ2) is 6.47. The van der Waals surface area contributed by atoms with Gasteiger partial charge in [-0.15, -0.1) is 0 Å². The summed E-state index contributed by atoms with van der Waals surface area (Å²) in [6, 6.07) is 3.16. The Labute approximate surface area is 113 Å². The molecule has 0 atom stereocenters. The number of sulfonamides is 1. The van der Waals surface area contributed by atoms with Gasteiger partial charge < -0.3 is 5.43 Å². The third kappa shape index (κ3) is 3.41. The molecule has 0 aliphatic rings. The van der Waals surface area contributed by atoms with Gasteiger partial charge in [-0.1, -0.05) is 0 Å². The van der Waals surface area contributed by atoms with E-state index in [-0.39, 0.29) is 29.6 Å². The number of pyridine rings is 1. The molecule has 0 saturated heterocycles. The molecule has 3 N–H and O–H groups in total. The first-order valence-electron chi connectivity index (χ1n) is 5.74. The molecule has 0 spiro atoms. The SMILES string of the molecule is CC(C)N(CCC#N)S(=O)(=O)c1cnccc1NN. The van der Waals surface area contributed by atoms with Crippen LogP contribution >= 0.6 is 0 Å². The minimum absolute atomic E-state index is 0.00383. The van der Waals surface area contributed by atoms with E-state index < -0.39 is 10.0 Å². The standard InChI is InChI=1S/C11H17N5O2S/c1-9(2)16(7-3-5-12)19(17,18)11-8-14-6-4-10(11)15-13/h4,6,8-9H,3,7,13H2,1-2H3,(H,14,15). The lowest BCUT2D eigenvalue weighted by molar-refractivity contribution is 0.360.